The standard InChI is InChI=1S/C10H10Cl2FNO/c1-6(14-10(15)5-11)8-3-2-7(13)4-9(8)12/h2-4,6H,5H2,1H3,(H,14,15)/t6-/m1/s1. The Bertz CT molecular complexity index is 370. The number of rotatable bonds is 3. The van der Waals surface area contributed by atoms with E-state index in [0.29, 0.717) is 5.56 Å². The van der Waals surface area contributed by atoms with Gasteiger partial charge < -0.3 is 5.32 Å². The van der Waals surface area contributed by atoms with Crippen LogP contribution in [-0.2, 0) is 4.79 Å². The largest absolute Gasteiger partial charge is 0.348 e. The number of hydrogen-bond acceptors (Lipinski definition) is 1. The number of halogens is 3. The van der Waals surface area contributed by atoms with E-state index >= 15 is 0 Å². The summed E-state index contributed by atoms with van der Waals surface area (Å²) < 4.78 is 12.7. The fraction of sp³-hybridized carbons (Fsp3) is 0.300. The van der Waals surface area contributed by atoms with E-state index in [2.05, 4.69) is 5.32 Å². The van der Waals surface area contributed by atoms with Gasteiger partial charge in [-0.3, -0.25) is 4.79 Å². The molecule has 1 aromatic rings. The van der Waals surface area contributed by atoms with Crippen molar-refractivity contribution in [2.24, 2.45) is 0 Å². The lowest BCUT2D eigenvalue weighted by atomic mass is 10.1. The lowest BCUT2D eigenvalue weighted by Gasteiger charge is -2.14. The molecule has 0 spiro atoms. The van der Waals surface area contributed by atoms with Crippen molar-refractivity contribution in [1.29, 1.82) is 0 Å². The van der Waals surface area contributed by atoms with Gasteiger partial charge in [-0.05, 0) is 24.6 Å². The molecule has 1 N–H and O–H groups in total. The maximum atomic E-state index is 12.7. The van der Waals surface area contributed by atoms with Crippen molar-refractivity contribution in [2.75, 3.05) is 5.88 Å². The molecule has 1 atom stereocenters. The zero-order valence-electron chi connectivity index (χ0n) is 8.06. The highest BCUT2D eigenvalue weighted by Crippen LogP contribution is 2.23. The van der Waals surface area contributed by atoms with Crippen LogP contribution in [0.15, 0.2) is 18.2 Å². The molecule has 0 bridgehead atoms. The highest BCUT2D eigenvalue weighted by molar-refractivity contribution is 6.31. The molecule has 1 amide bonds. The minimum absolute atomic E-state index is 0.108. The summed E-state index contributed by atoms with van der Waals surface area (Å²) in [6, 6.07) is 3.76. The van der Waals surface area contributed by atoms with Gasteiger partial charge in [0.15, 0.2) is 0 Å². The number of hydrogen-bond donors (Lipinski definition) is 1. The Labute approximate surface area is 97.4 Å². The van der Waals surface area contributed by atoms with Crippen LogP contribution < -0.4 is 5.32 Å². The summed E-state index contributed by atoms with van der Waals surface area (Å²) in [6.07, 6.45) is 0. The van der Waals surface area contributed by atoms with Crippen LogP contribution in [0.5, 0.6) is 0 Å². The number of carbonyl (C=O) groups is 1. The lowest BCUT2D eigenvalue weighted by Crippen LogP contribution is -2.27. The van der Waals surface area contributed by atoms with Gasteiger partial charge in [0.05, 0.1) is 6.04 Å². The van der Waals surface area contributed by atoms with Gasteiger partial charge >= 0.3 is 0 Å². The van der Waals surface area contributed by atoms with E-state index in [4.69, 9.17) is 23.2 Å². The molecule has 0 aliphatic carbocycles. The summed E-state index contributed by atoms with van der Waals surface area (Å²) in [6.45, 7) is 1.75. The van der Waals surface area contributed by atoms with E-state index in [0.717, 1.165) is 0 Å². The molecule has 0 saturated carbocycles. The van der Waals surface area contributed by atoms with E-state index in [9.17, 15) is 9.18 Å². The van der Waals surface area contributed by atoms with E-state index < -0.39 is 5.82 Å². The first-order valence-electron chi connectivity index (χ1n) is 4.35. The highest BCUT2D eigenvalue weighted by atomic mass is 35.5. The molecule has 0 saturated heterocycles. The van der Waals surface area contributed by atoms with E-state index in [1.54, 1.807) is 6.92 Å². The molecule has 1 rings (SSSR count). The molecular weight excluding hydrogens is 240 g/mol. The molecule has 0 radical (unpaired) electrons. The third-order valence-corrected chi connectivity index (χ3v) is 2.50. The Morgan fingerprint density at radius 3 is 2.80 bits per heavy atom. The average molecular weight is 250 g/mol. The smallest absolute Gasteiger partial charge is 0.235 e. The Kier molecular flexibility index (Phi) is 4.36. The fourth-order valence-electron chi connectivity index (χ4n) is 1.21. The van der Waals surface area contributed by atoms with Crippen LogP contribution in [0.2, 0.25) is 5.02 Å². The SMILES string of the molecule is C[C@@H](NC(=O)CCl)c1ccc(F)cc1Cl. The van der Waals surface area contributed by atoms with Gasteiger partial charge in [-0.2, -0.15) is 0 Å². The summed E-state index contributed by atoms with van der Waals surface area (Å²) in [5.41, 5.74) is 0.663. The van der Waals surface area contributed by atoms with E-state index in [1.807, 2.05) is 0 Å². The molecule has 0 aliphatic rings. The van der Waals surface area contributed by atoms with E-state index in [1.165, 1.54) is 18.2 Å². The van der Waals surface area contributed by atoms with Gasteiger partial charge in [0.1, 0.15) is 11.7 Å². The second-order valence-electron chi connectivity index (χ2n) is 3.09. The minimum Gasteiger partial charge on any atom is -0.348 e. The molecule has 82 valence electrons. The highest BCUT2D eigenvalue weighted by Gasteiger charge is 2.12. The van der Waals surface area contributed by atoms with Crippen LogP contribution in [0, 0.1) is 5.82 Å². The normalized spacial score (nSPS) is 12.3. The van der Waals surface area contributed by atoms with Crippen molar-refractivity contribution in [2.45, 2.75) is 13.0 Å². The summed E-state index contributed by atoms with van der Waals surface area (Å²) >= 11 is 11.2. The van der Waals surface area contributed by atoms with Crippen molar-refractivity contribution >= 4 is 29.1 Å². The summed E-state index contributed by atoms with van der Waals surface area (Å²) in [5, 5.41) is 2.92. The molecule has 1 aromatic carbocycles. The minimum atomic E-state index is -0.403. The molecule has 0 fully saturated rings. The van der Waals surface area contributed by atoms with Crippen LogP contribution in [0.1, 0.15) is 18.5 Å². The fourth-order valence-corrected chi connectivity index (χ4v) is 1.62. The summed E-state index contributed by atoms with van der Waals surface area (Å²) in [7, 11) is 0. The first-order valence-corrected chi connectivity index (χ1v) is 5.26. The predicted octanol–water partition coefficient (Wildman–Crippen LogP) is 2.90. The van der Waals surface area contributed by atoms with Gasteiger partial charge in [-0.15, -0.1) is 11.6 Å². The molecule has 15 heavy (non-hydrogen) atoms. The monoisotopic (exact) mass is 249 g/mol. The molecule has 0 aliphatic heterocycles. The van der Waals surface area contributed by atoms with Crippen molar-refractivity contribution < 1.29 is 9.18 Å². The first kappa shape index (κ1) is 12.3. The maximum absolute atomic E-state index is 12.7. The quantitative estimate of drug-likeness (QED) is 0.821. The van der Waals surface area contributed by atoms with Crippen LogP contribution >= 0.6 is 23.2 Å². The van der Waals surface area contributed by atoms with Crippen LogP contribution in [0.25, 0.3) is 0 Å². The Morgan fingerprint density at radius 2 is 2.27 bits per heavy atom. The topological polar surface area (TPSA) is 29.1 Å². The van der Waals surface area contributed by atoms with Crippen molar-refractivity contribution in [3.8, 4) is 0 Å². The Morgan fingerprint density at radius 1 is 1.60 bits per heavy atom. The first-order chi connectivity index (χ1) is 7.04. The molecule has 0 unspecified atom stereocenters. The maximum Gasteiger partial charge on any atom is 0.235 e. The molecular formula is C10H10Cl2FNO. The number of alkyl halides is 1. The zero-order chi connectivity index (χ0) is 11.4. The van der Waals surface area contributed by atoms with Crippen LogP contribution in [-0.4, -0.2) is 11.8 Å². The van der Waals surface area contributed by atoms with E-state index in [-0.39, 0.29) is 22.9 Å². The van der Waals surface area contributed by atoms with Gasteiger partial charge in [0.25, 0.3) is 0 Å². The number of benzene rings is 1. The number of nitrogens with one attached hydrogen (secondary N) is 1. The second kappa shape index (κ2) is 5.33. The zero-order valence-corrected chi connectivity index (χ0v) is 9.57. The molecule has 5 heteroatoms. The number of carbonyl (C=O) groups excluding carboxylic acids is 1. The molecule has 0 heterocycles. The molecule has 2 nitrogen and oxygen atoms in total. The third-order valence-electron chi connectivity index (χ3n) is 1.93. The van der Waals surface area contributed by atoms with Gasteiger partial charge in [0, 0.05) is 5.02 Å². The lowest BCUT2D eigenvalue weighted by molar-refractivity contribution is -0.119. The third kappa shape index (κ3) is 3.36. The predicted molar refractivity (Wildman–Crippen MR) is 58.7 cm³/mol. The van der Waals surface area contributed by atoms with Crippen molar-refractivity contribution in [3.05, 3.63) is 34.6 Å². The number of amides is 1. The van der Waals surface area contributed by atoms with Crippen LogP contribution in [0.3, 0.4) is 0 Å². The van der Waals surface area contributed by atoms with Crippen LogP contribution in [0.4, 0.5) is 4.39 Å². The average Bonchev–Trinajstić information content (AvgIpc) is 2.17. The van der Waals surface area contributed by atoms with Crippen molar-refractivity contribution in [3.63, 3.8) is 0 Å². The Hall–Kier alpha value is -0.800. The van der Waals surface area contributed by atoms with Gasteiger partial charge in [-0.25, -0.2) is 4.39 Å². The van der Waals surface area contributed by atoms with Gasteiger partial charge in [-0.1, -0.05) is 17.7 Å². The molecule has 0 aromatic heterocycles. The Balaban J connectivity index is 2.82. The summed E-state index contributed by atoms with van der Waals surface area (Å²) in [5.74, 6) is -0.799. The summed E-state index contributed by atoms with van der Waals surface area (Å²) in [4.78, 5) is 11.0. The van der Waals surface area contributed by atoms with Gasteiger partial charge in [0.2, 0.25) is 5.91 Å². The van der Waals surface area contributed by atoms with Crippen molar-refractivity contribution in [1.82, 2.24) is 5.32 Å². The second-order valence-corrected chi connectivity index (χ2v) is 3.76.